The molecule has 0 aliphatic heterocycles. The molecule has 0 bridgehead atoms. The maximum Gasteiger partial charge on any atom is 0.338 e. The summed E-state index contributed by atoms with van der Waals surface area (Å²) in [6.07, 6.45) is 0. The van der Waals surface area contributed by atoms with Crippen LogP contribution in [0.15, 0.2) is 53.0 Å². The van der Waals surface area contributed by atoms with Gasteiger partial charge in [-0.15, -0.1) is 0 Å². The SMILES string of the molecule is Cc1nc(-c2ccc(C(=O)OCC(=O)Nc3ccccc3Br)cc2)[nH]c1C. The highest BCUT2D eigenvalue weighted by atomic mass is 79.9. The fourth-order valence-electron chi connectivity index (χ4n) is 2.41. The highest BCUT2D eigenvalue weighted by Gasteiger charge is 2.12. The van der Waals surface area contributed by atoms with Crippen molar-refractivity contribution in [3.63, 3.8) is 0 Å². The molecule has 0 fully saturated rings. The lowest BCUT2D eigenvalue weighted by molar-refractivity contribution is -0.119. The van der Waals surface area contributed by atoms with Crippen molar-refractivity contribution in [2.24, 2.45) is 0 Å². The molecule has 0 unspecified atom stereocenters. The van der Waals surface area contributed by atoms with Gasteiger partial charge in [0.1, 0.15) is 5.82 Å². The summed E-state index contributed by atoms with van der Waals surface area (Å²) in [4.78, 5) is 31.7. The van der Waals surface area contributed by atoms with Crippen molar-refractivity contribution in [2.45, 2.75) is 13.8 Å². The fraction of sp³-hybridized carbons (Fsp3) is 0.150. The normalized spacial score (nSPS) is 10.5. The molecule has 0 saturated carbocycles. The van der Waals surface area contributed by atoms with Crippen LogP contribution >= 0.6 is 15.9 Å². The first-order valence-corrected chi connectivity index (χ1v) is 9.08. The summed E-state index contributed by atoms with van der Waals surface area (Å²) in [5.41, 5.74) is 3.79. The average Bonchev–Trinajstić information content (AvgIpc) is 3.00. The van der Waals surface area contributed by atoms with Gasteiger partial charge in [0.05, 0.1) is 16.9 Å². The molecular weight excluding hydrogens is 410 g/mol. The molecule has 1 amide bonds. The van der Waals surface area contributed by atoms with Crippen LogP contribution in [0.3, 0.4) is 0 Å². The van der Waals surface area contributed by atoms with Crippen molar-refractivity contribution in [1.29, 1.82) is 0 Å². The maximum atomic E-state index is 12.1. The van der Waals surface area contributed by atoms with Gasteiger partial charge in [0.25, 0.3) is 5.91 Å². The van der Waals surface area contributed by atoms with Crippen LogP contribution in [0.5, 0.6) is 0 Å². The minimum atomic E-state index is -0.560. The lowest BCUT2D eigenvalue weighted by Gasteiger charge is -2.08. The van der Waals surface area contributed by atoms with Crippen LogP contribution in [0.1, 0.15) is 21.7 Å². The Bertz CT molecular complexity index is 961. The van der Waals surface area contributed by atoms with E-state index in [9.17, 15) is 9.59 Å². The Morgan fingerprint density at radius 2 is 1.81 bits per heavy atom. The Balaban J connectivity index is 1.58. The Kier molecular flexibility index (Phi) is 5.71. The first kappa shape index (κ1) is 18.8. The second-order valence-corrected chi connectivity index (χ2v) is 6.83. The van der Waals surface area contributed by atoms with E-state index in [1.165, 1.54) is 0 Å². The zero-order valence-corrected chi connectivity index (χ0v) is 16.5. The summed E-state index contributed by atoms with van der Waals surface area (Å²) in [7, 11) is 0. The van der Waals surface area contributed by atoms with E-state index in [2.05, 4.69) is 31.2 Å². The van der Waals surface area contributed by atoms with Crippen LogP contribution in [-0.2, 0) is 9.53 Å². The van der Waals surface area contributed by atoms with Crippen LogP contribution in [0, 0.1) is 13.8 Å². The summed E-state index contributed by atoms with van der Waals surface area (Å²) in [6.45, 7) is 3.52. The van der Waals surface area contributed by atoms with Gasteiger partial charge in [0.2, 0.25) is 0 Å². The summed E-state index contributed by atoms with van der Waals surface area (Å²) in [5.74, 6) is -0.221. The third-order valence-corrected chi connectivity index (χ3v) is 4.70. The number of hydrogen-bond acceptors (Lipinski definition) is 4. The number of halogens is 1. The zero-order chi connectivity index (χ0) is 19.4. The molecule has 3 rings (SSSR count). The number of carbonyl (C=O) groups is 2. The summed E-state index contributed by atoms with van der Waals surface area (Å²) in [5, 5.41) is 2.68. The van der Waals surface area contributed by atoms with Crippen molar-refractivity contribution in [2.75, 3.05) is 11.9 Å². The van der Waals surface area contributed by atoms with Gasteiger partial charge in [0.15, 0.2) is 6.61 Å². The third-order valence-electron chi connectivity index (χ3n) is 4.00. The highest BCUT2D eigenvalue weighted by Crippen LogP contribution is 2.21. The van der Waals surface area contributed by atoms with Gasteiger partial charge in [-0.1, -0.05) is 24.3 Å². The summed E-state index contributed by atoms with van der Waals surface area (Å²) < 4.78 is 5.83. The van der Waals surface area contributed by atoms with Crippen LogP contribution in [0.25, 0.3) is 11.4 Å². The second kappa shape index (κ2) is 8.18. The van der Waals surface area contributed by atoms with Crippen LogP contribution in [0.2, 0.25) is 0 Å². The number of imidazole rings is 1. The van der Waals surface area contributed by atoms with Gasteiger partial charge >= 0.3 is 5.97 Å². The molecule has 0 saturated heterocycles. The monoisotopic (exact) mass is 427 g/mol. The van der Waals surface area contributed by atoms with Crippen LogP contribution < -0.4 is 5.32 Å². The number of H-pyrrole nitrogens is 1. The number of esters is 1. The van der Waals surface area contributed by atoms with Gasteiger partial charge in [-0.3, -0.25) is 4.79 Å². The number of benzene rings is 2. The quantitative estimate of drug-likeness (QED) is 0.595. The van der Waals surface area contributed by atoms with E-state index in [0.717, 1.165) is 27.2 Å². The molecule has 7 heteroatoms. The van der Waals surface area contributed by atoms with Crippen molar-refractivity contribution in [3.05, 3.63) is 70.0 Å². The Morgan fingerprint density at radius 1 is 1.11 bits per heavy atom. The van der Waals surface area contributed by atoms with E-state index < -0.39 is 11.9 Å². The molecule has 0 aliphatic rings. The van der Waals surface area contributed by atoms with Crippen molar-refractivity contribution < 1.29 is 14.3 Å². The number of hydrogen-bond donors (Lipinski definition) is 2. The van der Waals surface area contributed by atoms with Crippen LogP contribution in [0.4, 0.5) is 5.69 Å². The molecule has 0 aliphatic carbocycles. The first-order valence-electron chi connectivity index (χ1n) is 8.29. The van der Waals surface area contributed by atoms with Gasteiger partial charge in [-0.2, -0.15) is 0 Å². The second-order valence-electron chi connectivity index (χ2n) is 5.98. The van der Waals surface area contributed by atoms with Crippen molar-refractivity contribution in [1.82, 2.24) is 9.97 Å². The predicted octanol–water partition coefficient (Wildman–Crippen LogP) is 4.25. The lowest BCUT2D eigenvalue weighted by Crippen LogP contribution is -2.21. The fourth-order valence-corrected chi connectivity index (χ4v) is 2.80. The Hall–Kier alpha value is -2.93. The van der Waals surface area contributed by atoms with Crippen molar-refractivity contribution >= 4 is 33.5 Å². The van der Waals surface area contributed by atoms with Crippen molar-refractivity contribution in [3.8, 4) is 11.4 Å². The summed E-state index contributed by atoms with van der Waals surface area (Å²) in [6, 6.07) is 14.1. The predicted molar refractivity (Wildman–Crippen MR) is 107 cm³/mol. The number of aryl methyl sites for hydroxylation is 2. The van der Waals surface area contributed by atoms with E-state index in [0.29, 0.717) is 11.3 Å². The largest absolute Gasteiger partial charge is 0.452 e. The number of para-hydroxylation sites is 1. The minimum Gasteiger partial charge on any atom is -0.452 e. The van der Waals surface area contributed by atoms with E-state index in [1.54, 1.807) is 36.4 Å². The molecule has 1 heterocycles. The molecule has 3 aromatic rings. The smallest absolute Gasteiger partial charge is 0.338 e. The topological polar surface area (TPSA) is 84.1 Å². The molecule has 27 heavy (non-hydrogen) atoms. The Labute approximate surface area is 165 Å². The number of aromatic nitrogens is 2. The molecule has 138 valence electrons. The Morgan fingerprint density at radius 3 is 2.44 bits per heavy atom. The minimum absolute atomic E-state index is 0.363. The molecular formula is C20H18BrN3O3. The maximum absolute atomic E-state index is 12.1. The van der Waals surface area contributed by atoms with E-state index in [1.807, 2.05) is 26.0 Å². The number of nitrogens with zero attached hydrogens (tertiary/aromatic N) is 1. The number of amides is 1. The van der Waals surface area contributed by atoms with Gasteiger partial charge in [-0.05, 0) is 54.0 Å². The van der Waals surface area contributed by atoms with Gasteiger partial charge < -0.3 is 15.0 Å². The number of carbonyl (C=O) groups excluding carboxylic acids is 2. The number of rotatable bonds is 5. The average molecular weight is 428 g/mol. The van der Waals surface area contributed by atoms with Gasteiger partial charge in [0, 0.05) is 15.7 Å². The number of ether oxygens (including phenoxy) is 1. The first-order chi connectivity index (χ1) is 12.9. The highest BCUT2D eigenvalue weighted by molar-refractivity contribution is 9.10. The molecule has 2 N–H and O–H groups in total. The van der Waals surface area contributed by atoms with E-state index >= 15 is 0 Å². The van der Waals surface area contributed by atoms with Crippen LogP contribution in [-0.4, -0.2) is 28.5 Å². The molecule has 0 radical (unpaired) electrons. The summed E-state index contributed by atoms with van der Waals surface area (Å²) >= 11 is 3.34. The molecule has 1 aromatic heterocycles. The third kappa shape index (κ3) is 4.62. The molecule has 6 nitrogen and oxygen atoms in total. The standard InChI is InChI=1S/C20H18BrN3O3/c1-12-13(2)23-19(22-12)14-7-9-15(10-8-14)20(26)27-11-18(25)24-17-6-4-3-5-16(17)21/h3-10H,11H2,1-2H3,(H,22,23)(H,24,25). The van der Waals surface area contributed by atoms with Gasteiger partial charge in [-0.25, -0.2) is 9.78 Å². The number of anilines is 1. The zero-order valence-electron chi connectivity index (χ0n) is 14.9. The number of aromatic amines is 1. The van der Waals surface area contributed by atoms with E-state index in [-0.39, 0.29) is 6.61 Å². The molecule has 2 aromatic carbocycles. The number of nitrogens with one attached hydrogen (secondary N) is 2. The lowest BCUT2D eigenvalue weighted by atomic mass is 10.1. The molecule has 0 spiro atoms. The van der Waals surface area contributed by atoms with E-state index in [4.69, 9.17) is 4.74 Å². The molecule has 0 atom stereocenters.